The number of ether oxygens (including phenoxy) is 1. The molecule has 0 saturated heterocycles. The fourth-order valence-corrected chi connectivity index (χ4v) is 4.70. The quantitative estimate of drug-likeness (QED) is 0.778. The predicted molar refractivity (Wildman–Crippen MR) is 106 cm³/mol. The average Bonchev–Trinajstić information content (AvgIpc) is 3.46. The van der Waals surface area contributed by atoms with Gasteiger partial charge in [0.05, 0.1) is 17.9 Å². The smallest absolute Gasteiger partial charge is 0.341 e. The largest absolute Gasteiger partial charge is 0.493 e. The number of pyridine rings is 1. The number of carboxylic acid groups (broad SMARTS) is 1. The van der Waals surface area contributed by atoms with Crippen LogP contribution in [0.5, 0.6) is 5.75 Å². The van der Waals surface area contributed by atoms with E-state index in [0.29, 0.717) is 30.2 Å². The van der Waals surface area contributed by atoms with Gasteiger partial charge in [-0.2, -0.15) is 0 Å². The maximum atomic E-state index is 14.5. The second kappa shape index (κ2) is 6.40. The van der Waals surface area contributed by atoms with Crippen molar-refractivity contribution in [3.05, 3.63) is 51.3 Å². The van der Waals surface area contributed by atoms with Crippen molar-refractivity contribution in [1.82, 2.24) is 4.57 Å². The van der Waals surface area contributed by atoms with Crippen LogP contribution in [-0.2, 0) is 17.9 Å². The van der Waals surface area contributed by atoms with Crippen molar-refractivity contribution in [2.45, 2.75) is 56.9 Å². The molecule has 0 atom stereocenters. The molecular formula is C23H23F2NO4. The second-order valence-electron chi connectivity index (χ2n) is 9.01. The lowest BCUT2D eigenvalue weighted by Crippen LogP contribution is -2.46. The number of hydrogen-bond acceptors (Lipinski definition) is 3. The SMILES string of the molecule is CC(F)(F)c1cc2c(cc1OCC1CC1)CC1(CCC1)n1cc(C(=O)O)c(=O)cc1-2. The third-order valence-electron chi connectivity index (χ3n) is 6.72. The Morgan fingerprint density at radius 2 is 2.03 bits per heavy atom. The third-order valence-corrected chi connectivity index (χ3v) is 6.72. The minimum Gasteiger partial charge on any atom is -0.493 e. The van der Waals surface area contributed by atoms with Gasteiger partial charge in [-0.3, -0.25) is 4.79 Å². The van der Waals surface area contributed by atoms with Crippen LogP contribution >= 0.6 is 0 Å². The van der Waals surface area contributed by atoms with Gasteiger partial charge in [0.15, 0.2) is 5.43 Å². The van der Waals surface area contributed by atoms with Crippen LogP contribution in [0.15, 0.2) is 29.2 Å². The zero-order chi connectivity index (χ0) is 21.3. The number of carboxylic acids is 1. The number of benzene rings is 1. The summed E-state index contributed by atoms with van der Waals surface area (Å²) in [5.74, 6) is -3.74. The van der Waals surface area contributed by atoms with Crippen LogP contribution in [0.3, 0.4) is 0 Å². The van der Waals surface area contributed by atoms with E-state index in [1.165, 1.54) is 18.3 Å². The van der Waals surface area contributed by atoms with Gasteiger partial charge in [-0.05, 0) is 62.1 Å². The molecule has 1 aliphatic heterocycles. The minimum absolute atomic E-state index is 0.201. The Kier molecular flexibility index (Phi) is 4.11. The van der Waals surface area contributed by atoms with Gasteiger partial charge in [0.2, 0.25) is 0 Å². The van der Waals surface area contributed by atoms with Crippen molar-refractivity contribution < 1.29 is 23.4 Å². The van der Waals surface area contributed by atoms with Crippen LogP contribution < -0.4 is 10.2 Å². The van der Waals surface area contributed by atoms with E-state index in [2.05, 4.69) is 0 Å². The number of nitrogens with zero attached hydrogens (tertiary/aromatic N) is 1. The Labute approximate surface area is 172 Å². The van der Waals surface area contributed by atoms with Crippen molar-refractivity contribution in [1.29, 1.82) is 0 Å². The Hall–Kier alpha value is -2.70. The Bertz CT molecular complexity index is 1110. The van der Waals surface area contributed by atoms with Crippen molar-refractivity contribution in [2.24, 2.45) is 5.92 Å². The highest BCUT2D eigenvalue weighted by Gasteiger charge is 2.44. The fraction of sp³-hybridized carbons (Fsp3) is 0.478. The van der Waals surface area contributed by atoms with Gasteiger partial charge in [-0.1, -0.05) is 0 Å². The van der Waals surface area contributed by atoms with Crippen LogP contribution in [0.2, 0.25) is 0 Å². The fourth-order valence-electron chi connectivity index (χ4n) is 4.70. The zero-order valence-corrected chi connectivity index (χ0v) is 16.7. The summed E-state index contributed by atoms with van der Waals surface area (Å²) in [5.41, 5.74) is 0.504. The summed E-state index contributed by atoms with van der Waals surface area (Å²) in [6.07, 6.45) is 6.83. The molecule has 30 heavy (non-hydrogen) atoms. The Morgan fingerprint density at radius 1 is 1.30 bits per heavy atom. The van der Waals surface area contributed by atoms with Gasteiger partial charge in [-0.25, -0.2) is 13.6 Å². The van der Waals surface area contributed by atoms with E-state index < -0.39 is 17.3 Å². The molecule has 1 spiro atoms. The van der Waals surface area contributed by atoms with E-state index in [-0.39, 0.29) is 22.4 Å². The van der Waals surface area contributed by atoms with Crippen molar-refractivity contribution in [3.8, 4) is 17.0 Å². The van der Waals surface area contributed by atoms with Crippen LogP contribution in [0.4, 0.5) is 8.78 Å². The second-order valence-corrected chi connectivity index (χ2v) is 9.01. The molecule has 2 saturated carbocycles. The molecular weight excluding hydrogens is 392 g/mol. The number of rotatable bonds is 5. The lowest BCUT2D eigenvalue weighted by atomic mass is 9.69. The van der Waals surface area contributed by atoms with Gasteiger partial charge in [0.25, 0.3) is 5.92 Å². The average molecular weight is 415 g/mol. The first-order chi connectivity index (χ1) is 14.2. The number of aromatic carboxylic acids is 1. The summed E-state index contributed by atoms with van der Waals surface area (Å²) in [7, 11) is 0. The van der Waals surface area contributed by atoms with Gasteiger partial charge >= 0.3 is 5.97 Å². The first-order valence-corrected chi connectivity index (χ1v) is 10.4. The molecule has 0 amide bonds. The molecule has 1 aromatic carbocycles. The zero-order valence-electron chi connectivity index (χ0n) is 16.7. The van der Waals surface area contributed by atoms with Crippen LogP contribution in [-0.4, -0.2) is 22.2 Å². The topological polar surface area (TPSA) is 68.5 Å². The molecule has 158 valence electrons. The third kappa shape index (κ3) is 3.02. The molecule has 0 bridgehead atoms. The molecule has 3 aliphatic rings. The van der Waals surface area contributed by atoms with E-state index in [0.717, 1.165) is 44.6 Å². The molecule has 2 aromatic rings. The number of aromatic nitrogens is 1. The molecule has 1 aromatic heterocycles. The molecule has 7 heteroatoms. The summed E-state index contributed by atoms with van der Waals surface area (Å²) in [6.45, 7) is 1.28. The normalized spacial score (nSPS) is 19.0. The highest BCUT2D eigenvalue weighted by molar-refractivity contribution is 5.88. The molecule has 2 heterocycles. The highest BCUT2D eigenvalue weighted by Crippen LogP contribution is 2.51. The van der Waals surface area contributed by atoms with Crippen molar-refractivity contribution in [3.63, 3.8) is 0 Å². The van der Waals surface area contributed by atoms with Gasteiger partial charge in [-0.15, -0.1) is 0 Å². The van der Waals surface area contributed by atoms with E-state index in [1.54, 1.807) is 6.07 Å². The van der Waals surface area contributed by atoms with Crippen molar-refractivity contribution in [2.75, 3.05) is 6.61 Å². The van der Waals surface area contributed by atoms with E-state index in [1.807, 2.05) is 4.57 Å². The molecule has 5 nitrogen and oxygen atoms in total. The maximum absolute atomic E-state index is 14.5. The standard InChI is InChI=1S/C23H23F2NO4/c1-22(24,25)17-8-15-14(7-20(17)30-12-13-3-4-13)10-23(5-2-6-23)26-11-16(21(28)29)19(27)9-18(15)26/h7-9,11,13H,2-6,10,12H2,1H3,(H,28,29). The summed E-state index contributed by atoms with van der Waals surface area (Å²) >= 11 is 0. The highest BCUT2D eigenvalue weighted by atomic mass is 19.3. The Morgan fingerprint density at radius 3 is 2.60 bits per heavy atom. The molecule has 2 fully saturated rings. The van der Waals surface area contributed by atoms with E-state index >= 15 is 0 Å². The maximum Gasteiger partial charge on any atom is 0.341 e. The van der Waals surface area contributed by atoms with Crippen molar-refractivity contribution >= 4 is 5.97 Å². The lowest BCUT2D eigenvalue weighted by molar-refractivity contribution is 0.0143. The summed E-state index contributed by atoms with van der Waals surface area (Å²) in [4.78, 5) is 23.9. The van der Waals surface area contributed by atoms with E-state index in [4.69, 9.17) is 4.74 Å². The number of hydrogen-bond donors (Lipinski definition) is 1. The number of halogens is 2. The molecule has 5 rings (SSSR count). The van der Waals surface area contributed by atoms with E-state index in [9.17, 15) is 23.5 Å². The minimum atomic E-state index is -3.11. The predicted octanol–water partition coefficient (Wildman–Crippen LogP) is 4.55. The first kappa shape index (κ1) is 19.3. The Balaban J connectivity index is 1.70. The molecule has 0 radical (unpaired) electrons. The number of alkyl halides is 2. The summed E-state index contributed by atoms with van der Waals surface area (Å²) in [6, 6.07) is 4.42. The molecule has 0 unspecified atom stereocenters. The van der Waals surface area contributed by atoms with Crippen LogP contribution in [0, 0.1) is 5.92 Å². The van der Waals surface area contributed by atoms with Gasteiger partial charge in [0, 0.05) is 30.3 Å². The molecule has 2 aliphatic carbocycles. The molecule has 1 N–H and O–H groups in total. The van der Waals surface area contributed by atoms with Gasteiger partial charge < -0.3 is 14.4 Å². The first-order valence-electron chi connectivity index (χ1n) is 10.4. The lowest BCUT2D eigenvalue weighted by Gasteiger charge is -2.49. The van der Waals surface area contributed by atoms with Crippen LogP contribution in [0.25, 0.3) is 11.3 Å². The summed E-state index contributed by atoms with van der Waals surface area (Å²) < 4.78 is 36.6. The monoisotopic (exact) mass is 415 g/mol. The van der Waals surface area contributed by atoms with Crippen LogP contribution in [0.1, 0.15) is 60.5 Å². The number of carbonyl (C=O) groups is 1. The summed E-state index contributed by atoms with van der Waals surface area (Å²) in [5, 5.41) is 9.39. The van der Waals surface area contributed by atoms with Gasteiger partial charge in [0.1, 0.15) is 11.3 Å². The number of fused-ring (bicyclic) bond motifs is 4.